The molecule has 0 saturated carbocycles. The summed E-state index contributed by atoms with van der Waals surface area (Å²) in [6.07, 6.45) is 2.55. The van der Waals surface area contributed by atoms with Crippen LogP contribution in [-0.2, 0) is 11.2 Å². The van der Waals surface area contributed by atoms with Gasteiger partial charge in [0, 0.05) is 18.3 Å². The number of Topliss-reactive ketones (excluding diaryl/α,β-unsaturated/α-hetero) is 1. The van der Waals surface area contributed by atoms with Gasteiger partial charge in [0.15, 0.2) is 0 Å². The molecule has 1 aliphatic heterocycles. The highest BCUT2D eigenvalue weighted by Gasteiger charge is 2.26. The van der Waals surface area contributed by atoms with Crippen molar-refractivity contribution in [3.05, 3.63) is 29.8 Å². The van der Waals surface area contributed by atoms with E-state index in [4.69, 9.17) is 4.74 Å². The highest BCUT2D eigenvalue weighted by Crippen LogP contribution is 2.30. The van der Waals surface area contributed by atoms with E-state index in [1.54, 1.807) is 0 Å². The lowest BCUT2D eigenvalue weighted by Gasteiger charge is -2.17. The predicted octanol–water partition coefficient (Wildman–Crippen LogP) is 3.39. The van der Waals surface area contributed by atoms with Crippen LogP contribution in [0.4, 0.5) is 0 Å². The molecule has 0 spiro atoms. The quantitative estimate of drug-likeness (QED) is 0.798. The molecule has 2 nitrogen and oxygen atoms in total. The molecule has 1 atom stereocenters. The maximum Gasteiger partial charge on any atom is 0.138 e. The Bertz CT molecular complexity index is 390. The lowest BCUT2D eigenvalue weighted by atomic mass is 9.87. The third kappa shape index (κ3) is 2.87. The summed E-state index contributed by atoms with van der Waals surface area (Å²) in [4.78, 5) is 11.8. The molecule has 0 fully saturated rings. The summed E-state index contributed by atoms with van der Waals surface area (Å²) in [5, 5.41) is 0. The van der Waals surface area contributed by atoms with Gasteiger partial charge in [-0.25, -0.2) is 0 Å². The molecule has 1 heterocycles. The van der Waals surface area contributed by atoms with Gasteiger partial charge in [0.25, 0.3) is 0 Å². The largest absolute Gasteiger partial charge is 0.490 e. The second-order valence-electron chi connectivity index (χ2n) is 5.76. The van der Waals surface area contributed by atoms with Gasteiger partial charge in [-0.2, -0.15) is 0 Å². The smallest absolute Gasteiger partial charge is 0.138 e. The molecule has 0 saturated heterocycles. The topological polar surface area (TPSA) is 26.3 Å². The number of carbonyl (C=O) groups is 1. The molecule has 1 aliphatic rings. The second-order valence-corrected chi connectivity index (χ2v) is 5.76. The van der Waals surface area contributed by atoms with Gasteiger partial charge >= 0.3 is 0 Å². The molecular formula is C15H20O2. The Balaban J connectivity index is 1.87. The molecule has 17 heavy (non-hydrogen) atoms. The van der Waals surface area contributed by atoms with Crippen molar-refractivity contribution in [3.8, 4) is 5.75 Å². The number of para-hydroxylation sites is 1. The first kappa shape index (κ1) is 12.2. The fraction of sp³-hybridized carbons (Fsp3) is 0.533. The third-order valence-electron chi connectivity index (χ3n) is 3.24. The van der Waals surface area contributed by atoms with Crippen LogP contribution in [0.15, 0.2) is 24.3 Å². The monoisotopic (exact) mass is 232 g/mol. The van der Waals surface area contributed by atoms with Crippen LogP contribution in [0.2, 0.25) is 0 Å². The first-order valence-electron chi connectivity index (χ1n) is 6.24. The van der Waals surface area contributed by atoms with Crippen molar-refractivity contribution in [1.29, 1.82) is 0 Å². The number of hydrogen-bond acceptors (Lipinski definition) is 2. The van der Waals surface area contributed by atoms with Gasteiger partial charge in [0.2, 0.25) is 0 Å². The zero-order chi connectivity index (χ0) is 12.5. The maximum absolute atomic E-state index is 11.8. The van der Waals surface area contributed by atoms with E-state index in [0.717, 1.165) is 18.6 Å². The fourth-order valence-electron chi connectivity index (χ4n) is 2.08. The molecule has 92 valence electrons. The Morgan fingerprint density at radius 2 is 2.06 bits per heavy atom. The van der Waals surface area contributed by atoms with Crippen molar-refractivity contribution >= 4 is 5.78 Å². The Labute approximate surface area is 103 Å². The SMILES string of the molecule is CC(C)(C)C(=O)CCC1Cc2ccccc2O1. The third-order valence-corrected chi connectivity index (χ3v) is 3.24. The molecule has 2 rings (SSSR count). The zero-order valence-electron chi connectivity index (χ0n) is 10.8. The highest BCUT2D eigenvalue weighted by atomic mass is 16.5. The number of ether oxygens (including phenoxy) is 1. The van der Waals surface area contributed by atoms with Crippen LogP contribution in [0.5, 0.6) is 5.75 Å². The summed E-state index contributed by atoms with van der Waals surface area (Å²) in [6, 6.07) is 8.12. The minimum Gasteiger partial charge on any atom is -0.490 e. The fourth-order valence-corrected chi connectivity index (χ4v) is 2.08. The van der Waals surface area contributed by atoms with Gasteiger partial charge in [0.1, 0.15) is 17.6 Å². The molecule has 2 heteroatoms. The average Bonchev–Trinajstić information content (AvgIpc) is 2.66. The van der Waals surface area contributed by atoms with Crippen LogP contribution in [0, 0.1) is 5.41 Å². The standard InChI is InChI=1S/C15H20O2/c1-15(2,3)14(16)9-8-12-10-11-6-4-5-7-13(11)17-12/h4-7,12H,8-10H2,1-3H3. The summed E-state index contributed by atoms with van der Waals surface area (Å²) in [6.45, 7) is 5.92. The molecule has 0 aromatic heterocycles. The normalized spacial score (nSPS) is 18.6. The van der Waals surface area contributed by atoms with Crippen molar-refractivity contribution in [1.82, 2.24) is 0 Å². The van der Waals surface area contributed by atoms with Crippen LogP contribution in [0.25, 0.3) is 0 Å². The van der Waals surface area contributed by atoms with Crippen molar-refractivity contribution in [2.75, 3.05) is 0 Å². The van der Waals surface area contributed by atoms with Crippen LogP contribution in [0.1, 0.15) is 39.2 Å². The molecule has 1 aromatic rings. The van der Waals surface area contributed by atoms with Crippen LogP contribution in [-0.4, -0.2) is 11.9 Å². The Kier molecular flexibility index (Phi) is 3.23. The summed E-state index contributed by atoms with van der Waals surface area (Å²) in [7, 11) is 0. The number of hydrogen-bond donors (Lipinski definition) is 0. The average molecular weight is 232 g/mol. The van der Waals surface area contributed by atoms with E-state index in [1.807, 2.05) is 39.0 Å². The lowest BCUT2D eigenvalue weighted by Crippen LogP contribution is -2.23. The second kappa shape index (κ2) is 4.52. The summed E-state index contributed by atoms with van der Waals surface area (Å²) in [5.74, 6) is 1.30. The van der Waals surface area contributed by atoms with Crippen molar-refractivity contribution in [2.24, 2.45) is 5.41 Å². The van der Waals surface area contributed by atoms with E-state index in [1.165, 1.54) is 5.56 Å². The zero-order valence-corrected chi connectivity index (χ0v) is 10.8. The van der Waals surface area contributed by atoms with Crippen molar-refractivity contribution in [3.63, 3.8) is 0 Å². The Hall–Kier alpha value is -1.31. The minimum atomic E-state index is -0.231. The summed E-state index contributed by atoms with van der Waals surface area (Å²) >= 11 is 0. The maximum atomic E-state index is 11.8. The number of carbonyl (C=O) groups excluding carboxylic acids is 1. The first-order valence-corrected chi connectivity index (χ1v) is 6.24. The van der Waals surface area contributed by atoms with Gasteiger partial charge < -0.3 is 4.74 Å². The Morgan fingerprint density at radius 3 is 2.71 bits per heavy atom. The molecule has 1 aromatic carbocycles. The number of benzene rings is 1. The van der Waals surface area contributed by atoms with E-state index >= 15 is 0 Å². The van der Waals surface area contributed by atoms with Crippen molar-refractivity contribution in [2.45, 2.75) is 46.1 Å². The molecule has 0 N–H and O–H groups in total. The van der Waals surface area contributed by atoms with Crippen molar-refractivity contribution < 1.29 is 9.53 Å². The van der Waals surface area contributed by atoms with Gasteiger partial charge in [0.05, 0.1) is 0 Å². The van der Waals surface area contributed by atoms with Gasteiger partial charge in [-0.15, -0.1) is 0 Å². The lowest BCUT2D eigenvalue weighted by molar-refractivity contribution is -0.126. The van der Waals surface area contributed by atoms with E-state index < -0.39 is 0 Å². The van der Waals surface area contributed by atoms with Gasteiger partial charge in [-0.3, -0.25) is 4.79 Å². The van der Waals surface area contributed by atoms with Crippen LogP contribution < -0.4 is 4.74 Å². The molecular weight excluding hydrogens is 212 g/mol. The number of ketones is 1. The molecule has 0 aliphatic carbocycles. The molecule has 1 unspecified atom stereocenters. The first-order chi connectivity index (χ1) is 7.97. The Morgan fingerprint density at radius 1 is 1.35 bits per heavy atom. The summed E-state index contributed by atoms with van der Waals surface area (Å²) in [5.41, 5.74) is 1.03. The van der Waals surface area contributed by atoms with E-state index in [2.05, 4.69) is 6.07 Å². The van der Waals surface area contributed by atoms with E-state index in [-0.39, 0.29) is 11.5 Å². The molecule has 0 amide bonds. The summed E-state index contributed by atoms with van der Waals surface area (Å²) < 4.78 is 5.82. The minimum absolute atomic E-state index is 0.179. The van der Waals surface area contributed by atoms with Crippen LogP contribution in [0.3, 0.4) is 0 Å². The van der Waals surface area contributed by atoms with E-state index in [0.29, 0.717) is 12.2 Å². The number of fused-ring (bicyclic) bond motifs is 1. The molecule has 0 bridgehead atoms. The van der Waals surface area contributed by atoms with E-state index in [9.17, 15) is 4.79 Å². The highest BCUT2D eigenvalue weighted by molar-refractivity contribution is 5.83. The predicted molar refractivity (Wildman–Crippen MR) is 68.3 cm³/mol. The van der Waals surface area contributed by atoms with Gasteiger partial charge in [-0.1, -0.05) is 39.0 Å². The van der Waals surface area contributed by atoms with Crippen LogP contribution >= 0.6 is 0 Å². The molecule has 0 radical (unpaired) electrons. The van der Waals surface area contributed by atoms with Gasteiger partial charge in [-0.05, 0) is 18.1 Å². The number of rotatable bonds is 3.